The standard InChI is InChI=1S/C10H11NO/c1-2-11-7-6-8-4-3-5-9(12)10(8)11/h2,6-7H,1,3-5H2. The molecule has 12 heavy (non-hydrogen) atoms. The van der Waals surface area contributed by atoms with E-state index in [9.17, 15) is 4.79 Å². The Kier molecular flexibility index (Phi) is 1.61. The van der Waals surface area contributed by atoms with Crippen molar-refractivity contribution >= 4 is 12.0 Å². The zero-order chi connectivity index (χ0) is 8.55. The molecule has 1 heterocycles. The molecule has 1 aromatic heterocycles. The quantitative estimate of drug-likeness (QED) is 0.618. The van der Waals surface area contributed by atoms with E-state index in [0.29, 0.717) is 6.42 Å². The predicted octanol–water partition coefficient (Wildman–Crippen LogP) is 2.11. The van der Waals surface area contributed by atoms with Crippen LogP contribution in [0.4, 0.5) is 0 Å². The summed E-state index contributed by atoms with van der Waals surface area (Å²) in [5.41, 5.74) is 2.02. The van der Waals surface area contributed by atoms with Gasteiger partial charge in [-0.3, -0.25) is 4.79 Å². The van der Waals surface area contributed by atoms with Crippen LogP contribution in [0.25, 0.3) is 6.20 Å². The minimum atomic E-state index is 0.251. The van der Waals surface area contributed by atoms with Gasteiger partial charge in [-0.25, -0.2) is 0 Å². The van der Waals surface area contributed by atoms with Gasteiger partial charge in [0.1, 0.15) is 0 Å². The Hall–Kier alpha value is -1.31. The van der Waals surface area contributed by atoms with Gasteiger partial charge in [-0.1, -0.05) is 6.58 Å². The van der Waals surface area contributed by atoms with Crippen molar-refractivity contribution in [2.45, 2.75) is 19.3 Å². The van der Waals surface area contributed by atoms with Gasteiger partial charge in [0.2, 0.25) is 0 Å². The number of Topliss-reactive ketones (excluding diaryl/α,β-unsaturated/α-hetero) is 1. The molecule has 1 aromatic rings. The number of carbonyl (C=O) groups is 1. The number of aryl methyl sites for hydroxylation is 1. The molecule has 0 saturated carbocycles. The first-order valence-corrected chi connectivity index (χ1v) is 4.18. The average molecular weight is 161 g/mol. The van der Waals surface area contributed by atoms with Crippen LogP contribution in [0.2, 0.25) is 0 Å². The fourth-order valence-electron chi connectivity index (χ4n) is 1.72. The van der Waals surface area contributed by atoms with Crippen molar-refractivity contribution < 1.29 is 4.79 Å². The minimum absolute atomic E-state index is 0.251. The van der Waals surface area contributed by atoms with E-state index in [1.807, 2.05) is 16.8 Å². The van der Waals surface area contributed by atoms with Crippen molar-refractivity contribution in [1.82, 2.24) is 4.57 Å². The molecule has 0 bridgehead atoms. The van der Waals surface area contributed by atoms with Crippen LogP contribution in [0.15, 0.2) is 18.8 Å². The summed E-state index contributed by atoms with van der Waals surface area (Å²) in [7, 11) is 0. The Morgan fingerprint density at radius 3 is 3.08 bits per heavy atom. The van der Waals surface area contributed by atoms with Gasteiger partial charge in [-0.05, 0) is 24.5 Å². The van der Waals surface area contributed by atoms with E-state index in [0.717, 1.165) is 18.5 Å². The molecule has 0 aromatic carbocycles. The van der Waals surface area contributed by atoms with Gasteiger partial charge < -0.3 is 4.57 Å². The third-order valence-corrected chi connectivity index (χ3v) is 2.31. The van der Waals surface area contributed by atoms with Gasteiger partial charge in [0.05, 0.1) is 5.69 Å². The number of aromatic nitrogens is 1. The molecule has 2 rings (SSSR count). The molecule has 62 valence electrons. The first kappa shape index (κ1) is 7.35. The molecule has 0 aliphatic heterocycles. The second-order valence-corrected chi connectivity index (χ2v) is 3.06. The lowest BCUT2D eigenvalue weighted by molar-refractivity contribution is 0.0966. The fourth-order valence-corrected chi connectivity index (χ4v) is 1.72. The number of carbonyl (C=O) groups excluding carboxylic acids is 1. The van der Waals surface area contributed by atoms with Crippen molar-refractivity contribution in [1.29, 1.82) is 0 Å². The van der Waals surface area contributed by atoms with E-state index >= 15 is 0 Å². The minimum Gasteiger partial charge on any atom is -0.321 e. The van der Waals surface area contributed by atoms with Crippen LogP contribution in [0.5, 0.6) is 0 Å². The van der Waals surface area contributed by atoms with E-state index in [2.05, 4.69) is 6.58 Å². The van der Waals surface area contributed by atoms with Crippen LogP contribution >= 0.6 is 0 Å². The molecule has 1 aliphatic rings. The third-order valence-electron chi connectivity index (χ3n) is 2.31. The van der Waals surface area contributed by atoms with E-state index < -0.39 is 0 Å². The lowest BCUT2D eigenvalue weighted by Crippen LogP contribution is -2.12. The molecule has 0 atom stereocenters. The van der Waals surface area contributed by atoms with Crippen LogP contribution in [0, 0.1) is 0 Å². The summed E-state index contributed by atoms with van der Waals surface area (Å²) in [5, 5.41) is 0. The number of ketones is 1. The fraction of sp³-hybridized carbons (Fsp3) is 0.300. The lowest BCUT2D eigenvalue weighted by atomic mass is 9.97. The summed E-state index contributed by atoms with van der Waals surface area (Å²) in [6.07, 6.45) is 6.29. The maximum absolute atomic E-state index is 11.5. The summed E-state index contributed by atoms with van der Waals surface area (Å²) >= 11 is 0. The smallest absolute Gasteiger partial charge is 0.179 e. The van der Waals surface area contributed by atoms with E-state index in [1.165, 1.54) is 5.56 Å². The van der Waals surface area contributed by atoms with Crippen molar-refractivity contribution in [3.63, 3.8) is 0 Å². The summed E-state index contributed by atoms with van der Waals surface area (Å²) < 4.78 is 1.82. The Labute approximate surface area is 71.5 Å². The summed E-state index contributed by atoms with van der Waals surface area (Å²) in [6, 6.07) is 2.01. The highest BCUT2D eigenvalue weighted by Gasteiger charge is 2.19. The Balaban J connectivity index is 2.57. The van der Waals surface area contributed by atoms with Gasteiger partial charge in [0, 0.05) is 18.8 Å². The molecule has 0 fully saturated rings. The van der Waals surface area contributed by atoms with Crippen molar-refractivity contribution in [3.8, 4) is 0 Å². The number of rotatable bonds is 1. The molecule has 0 saturated heterocycles. The molecular formula is C10H11NO. The molecule has 1 aliphatic carbocycles. The monoisotopic (exact) mass is 161 g/mol. The summed E-state index contributed by atoms with van der Waals surface area (Å²) in [6.45, 7) is 3.66. The number of nitrogens with zero attached hydrogens (tertiary/aromatic N) is 1. The summed E-state index contributed by atoms with van der Waals surface area (Å²) in [5.74, 6) is 0.251. The number of hydrogen-bond donors (Lipinski definition) is 0. The Morgan fingerprint density at radius 1 is 1.50 bits per heavy atom. The average Bonchev–Trinajstić information content (AvgIpc) is 2.49. The molecular weight excluding hydrogens is 150 g/mol. The molecule has 2 heteroatoms. The first-order valence-electron chi connectivity index (χ1n) is 4.18. The van der Waals surface area contributed by atoms with Gasteiger partial charge in [-0.15, -0.1) is 0 Å². The van der Waals surface area contributed by atoms with Crippen molar-refractivity contribution in [3.05, 3.63) is 30.1 Å². The number of hydrogen-bond acceptors (Lipinski definition) is 1. The van der Waals surface area contributed by atoms with E-state index in [1.54, 1.807) is 6.20 Å². The Bertz CT molecular complexity index is 336. The van der Waals surface area contributed by atoms with E-state index in [4.69, 9.17) is 0 Å². The highest BCUT2D eigenvalue weighted by Crippen LogP contribution is 2.22. The number of fused-ring (bicyclic) bond motifs is 1. The zero-order valence-corrected chi connectivity index (χ0v) is 6.92. The zero-order valence-electron chi connectivity index (χ0n) is 6.92. The SMILES string of the molecule is C=Cn1ccc2c1C(=O)CCC2. The highest BCUT2D eigenvalue weighted by molar-refractivity contribution is 5.97. The van der Waals surface area contributed by atoms with Crippen LogP contribution in [0.3, 0.4) is 0 Å². The largest absolute Gasteiger partial charge is 0.321 e. The van der Waals surface area contributed by atoms with Gasteiger partial charge in [-0.2, -0.15) is 0 Å². The molecule has 0 unspecified atom stereocenters. The van der Waals surface area contributed by atoms with Crippen LogP contribution in [-0.2, 0) is 6.42 Å². The summed E-state index contributed by atoms with van der Waals surface area (Å²) in [4.78, 5) is 11.5. The molecule has 2 nitrogen and oxygen atoms in total. The predicted molar refractivity (Wildman–Crippen MR) is 48.1 cm³/mol. The lowest BCUT2D eigenvalue weighted by Gasteiger charge is -2.11. The van der Waals surface area contributed by atoms with Crippen molar-refractivity contribution in [2.24, 2.45) is 0 Å². The van der Waals surface area contributed by atoms with Crippen molar-refractivity contribution in [2.75, 3.05) is 0 Å². The Morgan fingerprint density at radius 2 is 2.33 bits per heavy atom. The van der Waals surface area contributed by atoms with Crippen LogP contribution in [0.1, 0.15) is 28.9 Å². The maximum Gasteiger partial charge on any atom is 0.179 e. The van der Waals surface area contributed by atoms with Gasteiger partial charge in [0.15, 0.2) is 5.78 Å². The van der Waals surface area contributed by atoms with Gasteiger partial charge >= 0.3 is 0 Å². The first-order chi connectivity index (χ1) is 5.83. The van der Waals surface area contributed by atoms with Crippen LogP contribution in [-0.4, -0.2) is 10.4 Å². The molecule has 0 amide bonds. The topological polar surface area (TPSA) is 22.0 Å². The van der Waals surface area contributed by atoms with E-state index in [-0.39, 0.29) is 5.78 Å². The van der Waals surface area contributed by atoms with Crippen LogP contribution < -0.4 is 0 Å². The second-order valence-electron chi connectivity index (χ2n) is 3.06. The van der Waals surface area contributed by atoms with Gasteiger partial charge in [0.25, 0.3) is 0 Å². The maximum atomic E-state index is 11.5. The second kappa shape index (κ2) is 2.63. The molecule has 0 radical (unpaired) electrons. The molecule has 0 spiro atoms. The third kappa shape index (κ3) is 0.916. The normalized spacial score (nSPS) is 15.8. The highest BCUT2D eigenvalue weighted by atomic mass is 16.1. The molecule has 0 N–H and O–H groups in total.